The van der Waals surface area contributed by atoms with Gasteiger partial charge in [0.05, 0.1) is 0 Å². The highest BCUT2D eigenvalue weighted by Gasteiger charge is 2.17. The van der Waals surface area contributed by atoms with Crippen molar-refractivity contribution in [3.05, 3.63) is 42.0 Å². The highest BCUT2D eigenvalue weighted by molar-refractivity contribution is 5.85. The first-order valence-corrected chi connectivity index (χ1v) is 6.72. The molecule has 0 fully saturated rings. The second kappa shape index (κ2) is 8.79. The smallest absolute Gasteiger partial charge is 0.347 e. The highest BCUT2D eigenvalue weighted by Crippen LogP contribution is 2.11. The Balaban J connectivity index is 2.23. The van der Waals surface area contributed by atoms with Gasteiger partial charge in [-0.3, -0.25) is 0 Å². The van der Waals surface area contributed by atoms with E-state index in [1.54, 1.807) is 6.92 Å². The Hall–Kier alpha value is -2.30. The van der Waals surface area contributed by atoms with E-state index < -0.39 is 18.0 Å². The van der Waals surface area contributed by atoms with Crippen LogP contribution in [-0.4, -0.2) is 31.3 Å². The summed E-state index contributed by atoms with van der Waals surface area (Å²) in [4.78, 5) is 22.7. The van der Waals surface area contributed by atoms with Crippen molar-refractivity contribution >= 4 is 11.9 Å². The molecule has 1 aromatic rings. The van der Waals surface area contributed by atoms with Gasteiger partial charge in [-0.25, -0.2) is 9.59 Å². The molecule has 0 aliphatic carbocycles. The predicted molar refractivity (Wildman–Crippen MR) is 78.0 cm³/mol. The first-order chi connectivity index (χ1) is 10.0. The maximum Gasteiger partial charge on any atom is 0.347 e. The third-order valence-electron chi connectivity index (χ3n) is 2.54. The molecule has 0 heterocycles. The molecule has 21 heavy (non-hydrogen) atoms. The Bertz CT molecular complexity index is 490. The van der Waals surface area contributed by atoms with Gasteiger partial charge in [0.15, 0.2) is 6.10 Å². The van der Waals surface area contributed by atoms with E-state index in [9.17, 15) is 9.59 Å². The number of rotatable bonds is 7. The summed E-state index contributed by atoms with van der Waals surface area (Å²) in [6.07, 6.45) is 1.84. The Morgan fingerprint density at radius 2 is 1.86 bits per heavy atom. The SMILES string of the molecule is C/C=C/C(=O)OC(C)C(=O)OCCOc1ccc(C)cc1. The molecule has 0 aromatic heterocycles. The van der Waals surface area contributed by atoms with E-state index in [0.717, 1.165) is 5.56 Å². The first-order valence-electron chi connectivity index (χ1n) is 6.72. The number of benzene rings is 1. The number of hydrogen-bond donors (Lipinski definition) is 0. The molecule has 5 nitrogen and oxygen atoms in total. The number of carbonyl (C=O) groups excluding carboxylic acids is 2. The van der Waals surface area contributed by atoms with Crippen LogP contribution in [0.15, 0.2) is 36.4 Å². The van der Waals surface area contributed by atoms with E-state index in [2.05, 4.69) is 0 Å². The molecule has 0 bridgehead atoms. The second-order valence-corrected chi connectivity index (χ2v) is 4.41. The molecule has 1 rings (SSSR count). The number of ether oxygens (including phenoxy) is 3. The first kappa shape index (κ1) is 16.8. The number of hydrogen-bond acceptors (Lipinski definition) is 5. The molecule has 0 aliphatic rings. The summed E-state index contributed by atoms with van der Waals surface area (Å²) < 4.78 is 15.2. The fraction of sp³-hybridized carbons (Fsp3) is 0.375. The van der Waals surface area contributed by atoms with Crippen molar-refractivity contribution in [3.8, 4) is 5.75 Å². The van der Waals surface area contributed by atoms with E-state index >= 15 is 0 Å². The minimum atomic E-state index is -0.937. The van der Waals surface area contributed by atoms with Crippen LogP contribution in [0, 0.1) is 6.92 Å². The van der Waals surface area contributed by atoms with Gasteiger partial charge < -0.3 is 14.2 Å². The average molecular weight is 292 g/mol. The summed E-state index contributed by atoms with van der Waals surface area (Å²) in [7, 11) is 0. The van der Waals surface area contributed by atoms with Crippen LogP contribution in [-0.2, 0) is 19.1 Å². The lowest BCUT2D eigenvalue weighted by atomic mass is 10.2. The number of allylic oxidation sites excluding steroid dienone is 1. The van der Waals surface area contributed by atoms with E-state index in [0.29, 0.717) is 5.75 Å². The van der Waals surface area contributed by atoms with Crippen molar-refractivity contribution in [2.24, 2.45) is 0 Å². The monoisotopic (exact) mass is 292 g/mol. The van der Waals surface area contributed by atoms with Crippen LogP contribution in [0.4, 0.5) is 0 Å². The summed E-state index contributed by atoms with van der Waals surface area (Å²) >= 11 is 0. The van der Waals surface area contributed by atoms with Gasteiger partial charge in [-0.1, -0.05) is 23.8 Å². The molecule has 1 aromatic carbocycles. The quantitative estimate of drug-likeness (QED) is 0.439. The van der Waals surface area contributed by atoms with Gasteiger partial charge in [0.2, 0.25) is 0 Å². The van der Waals surface area contributed by atoms with Crippen LogP contribution in [0.1, 0.15) is 19.4 Å². The summed E-state index contributed by atoms with van der Waals surface area (Å²) in [6.45, 7) is 5.47. The van der Waals surface area contributed by atoms with Crippen LogP contribution in [0.5, 0.6) is 5.75 Å². The maximum atomic E-state index is 11.6. The van der Waals surface area contributed by atoms with Crippen LogP contribution in [0.2, 0.25) is 0 Å². The zero-order valence-electron chi connectivity index (χ0n) is 12.5. The Kier molecular flexibility index (Phi) is 7.01. The van der Waals surface area contributed by atoms with Gasteiger partial charge in [0.25, 0.3) is 0 Å². The fourth-order valence-corrected chi connectivity index (χ4v) is 1.45. The Morgan fingerprint density at radius 1 is 1.19 bits per heavy atom. The predicted octanol–water partition coefficient (Wildman–Crippen LogP) is 2.42. The molecule has 0 spiro atoms. The lowest BCUT2D eigenvalue weighted by molar-refractivity contribution is -0.164. The highest BCUT2D eigenvalue weighted by atomic mass is 16.6. The van der Waals surface area contributed by atoms with E-state index in [1.165, 1.54) is 19.1 Å². The van der Waals surface area contributed by atoms with Crippen molar-refractivity contribution < 1.29 is 23.8 Å². The summed E-state index contributed by atoms with van der Waals surface area (Å²) in [6, 6.07) is 7.56. The van der Waals surface area contributed by atoms with Gasteiger partial charge >= 0.3 is 11.9 Å². The molecule has 114 valence electrons. The summed E-state index contributed by atoms with van der Waals surface area (Å²) in [5.74, 6) is -0.456. The van der Waals surface area contributed by atoms with Crippen molar-refractivity contribution in [1.29, 1.82) is 0 Å². The molecule has 0 aliphatic heterocycles. The van der Waals surface area contributed by atoms with Crippen molar-refractivity contribution in [2.45, 2.75) is 26.9 Å². The molecular weight excluding hydrogens is 272 g/mol. The van der Waals surface area contributed by atoms with Gasteiger partial charge in [-0.2, -0.15) is 0 Å². The zero-order chi connectivity index (χ0) is 15.7. The molecule has 0 radical (unpaired) electrons. The lowest BCUT2D eigenvalue weighted by Gasteiger charge is -2.12. The zero-order valence-corrected chi connectivity index (χ0v) is 12.5. The minimum absolute atomic E-state index is 0.0955. The largest absolute Gasteiger partial charge is 0.490 e. The number of aryl methyl sites for hydroxylation is 1. The van der Waals surface area contributed by atoms with Crippen molar-refractivity contribution in [3.63, 3.8) is 0 Å². The van der Waals surface area contributed by atoms with Crippen LogP contribution in [0.25, 0.3) is 0 Å². The maximum absolute atomic E-state index is 11.6. The molecule has 1 unspecified atom stereocenters. The van der Waals surface area contributed by atoms with Gasteiger partial charge in [-0.05, 0) is 32.9 Å². The average Bonchev–Trinajstić information content (AvgIpc) is 2.45. The van der Waals surface area contributed by atoms with Crippen LogP contribution >= 0.6 is 0 Å². The molecule has 5 heteroatoms. The molecular formula is C16H20O5. The minimum Gasteiger partial charge on any atom is -0.490 e. The van der Waals surface area contributed by atoms with Crippen LogP contribution in [0.3, 0.4) is 0 Å². The third-order valence-corrected chi connectivity index (χ3v) is 2.54. The number of esters is 2. The fourth-order valence-electron chi connectivity index (χ4n) is 1.45. The molecule has 0 saturated heterocycles. The Labute approximate surface area is 124 Å². The second-order valence-electron chi connectivity index (χ2n) is 4.41. The third kappa shape index (κ3) is 6.61. The summed E-state index contributed by atoms with van der Waals surface area (Å²) in [5.41, 5.74) is 1.14. The van der Waals surface area contributed by atoms with E-state index in [1.807, 2.05) is 31.2 Å². The summed E-state index contributed by atoms with van der Waals surface area (Å²) in [5, 5.41) is 0. The normalized spacial score (nSPS) is 12.0. The van der Waals surface area contributed by atoms with E-state index in [-0.39, 0.29) is 13.2 Å². The number of carbonyl (C=O) groups is 2. The lowest BCUT2D eigenvalue weighted by Crippen LogP contribution is -2.27. The van der Waals surface area contributed by atoms with Gasteiger partial charge in [-0.15, -0.1) is 0 Å². The van der Waals surface area contributed by atoms with Crippen LogP contribution < -0.4 is 4.74 Å². The van der Waals surface area contributed by atoms with E-state index in [4.69, 9.17) is 14.2 Å². The van der Waals surface area contributed by atoms with Crippen molar-refractivity contribution in [1.82, 2.24) is 0 Å². The van der Waals surface area contributed by atoms with Gasteiger partial charge in [0, 0.05) is 6.08 Å². The van der Waals surface area contributed by atoms with Crippen molar-refractivity contribution in [2.75, 3.05) is 13.2 Å². The Morgan fingerprint density at radius 3 is 2.48 bits per heavy atom. The molecule has 1 atom stereocenters. The molecule has 0 N–H and O–H groups in total. The topological polar surface area (TPSA) is 61.8 Å². The molecule has 0 saturated carbocycles. The van der Waals surface area contributed by atoms with Gasteiger partial charge in [0.1, 0.15) is 19.0 Å². The molecule has 0 amide bonds. The standard InChI is InChI=1S/C16H20O5/c1-4-5-15(17)21-13(3)16(18)20-11-10-19-14-8-6-12(2)7-9-14/h4-9,13H,10-11H2,1-3H3/b5-4+.